The van der Waals surface area contributed by atoms with E-state index in [1.807, 2.05) is 0 Å². The molecule has 10 heteroatoms. The van der Waals surface area contributed by atoms with E-state index >= 15 is 0 Å². The average Bonchev–Trinajstić information content (AvgIpc) is 2.42. The fourth-order valence-corrected chi connectivity index (χ4v) is 2.72. The molecule has 0 aliphatic carbocycles. The Kier molecular flexibility index (Phi) is 5.82. The maximum absolute atomic E-state index is 12.0. The van der Waals surface area contributed by atoms with E-state index in [1.165, 1.54) is 12.1 Å². The second kappa shape index (κ2) is 7.14. The Morgan fingerprint density at radius 1 is 1.45 bits per heavy atom. The molecule has 0 heterocycles. The van der Waals surface area contributed by atoms with Gasteiger partial charge in [0.1, 0.15) is 5.69 Å². The zero-order chi connectivity index (χ0) is 15.2. The highest BCUT2D eigenvalue weighted by Gasteiger charge is 2.28. The van der Waals surface area contributed by atoms with Crippen LogP contribution in [0.1, 0.15) is 6.92 Å². The van der Waals surface area contributed by atoms with Gasteiger partial charge in [0.15, 0.2) is 4.90 Å². The van der Waals surface area contributed by atoms with Crippen LogP contribution in [0.3, 0.4) is 0 Å². The third-order valence-electron chi connectivity index (χ3n) is 2.37. The van der Waals surface area contributed by atoms with Crippen LogP contribution < -0.4 is 16.0 Å². The molecule has 0 aliphatic rings. The molecule has 1 aromatic carbocycles. The zero-order valence-corrected chi connectivity index (χ0v) is 11.6. The first kappa shape index (κ1) is 16.3. The summed E-state index contributed by atoms with van der Waals surface area (Å²) in [4.78, 5) is 9.77. The van der Waals surface area contributed by atoms with Crippen molar-refractivity contribution in [1.82, 2.24) is 4.72 Å². The van der Waals surface area contributed by atoms with Crippen molar-refractivity contribution >= 4 is 21.4 Å². The number of rotatable bonds is 8. The van der Waals surface area contributed by atoms with Gasteiger partial charge in [-0.05, 0) is 19.1 Å². The molecule has 9 nitrogen and oxygen atoms in total. The second-order valence-electron chi connectivity index (χ2n) is 3.65. The molecule has 0 fully saturated rings. The van der Waals surface area contributed by atoms with Crippen LogP contribution in [0.5, 0.6) is 0 Å². The van der Waals surface area contributed by atoms with Crippen molar-refractivity contribution in [3.05, 3.63) is 28.3 Å². The van der Waals surface area contributed by atoms with E-state index in [0.717, 1.165) is 6.07 Å². The number of nitrogens with zero attached hydrogens (tertiary/aromatic N) is 1. The number of hydrazine groups is 1. The van der Waals surface area contributed by atoms with Crippen molar-refractivity contribution in [3.8, 4) is 0 Å². The lowest BCUT2D eigenvalue weighted by atomic mass is 10.3. The number of para-hydroxylation sites is 1. The van der Waals surface area contributed by atoms with Gasteiger partial charge >= 0.3 is 5.69 Å². The number of hydrogen-bond acceptors (Lipinski definition) is 7. The fourth-order valence-electron chi connectivity index (χ4n) is 1.51. The zero-order valence-electron chi connectivity index (χ0n) is 10.8. The first-order valence-corrected chi connectivity index (χ1v) is 7.23. The third-order valence-corrected chi connectivity index (χ3v) is 3.86. The van der Waals surface area contributed by atoms with Crippen molar-refractivity contribution in [2.24, 2.45) is 5.84 Å². The minimum atomic E-state index is -4.02. The summed E-state index contributed by atoms with van der Waals surface area (Å²) in [6, 6.07) is 3.82. The molecule has 4 N–H and O–H groups in total. The standard InChI is InChI=1S/C10H16N4O5S/c1-2-19-7-6-12-20(17,18)9-5-3-4-8(13-11)10(9)14(15)16/h3-5,12-13H,2,6-7,11H2,1H3. The Morgan fingerprint density at radius 2 is 2.15 bits per heavy atom. The molecule has 0 amide bonds. The number of nitrogen functional groups attached to an aromatic ring is 1. The Morgan fingerprint density at radius 3 is 2.70 bits per heavy atom. The Hall–Kier alpha value is -1.75. The molecular formula is C10H16N4O5S. The summed E-state index contributed by atoms with van der Waals surface area (Å²) >= 11 is 0. The molecule has 0 saturated carbocycles. The van der Waals surface area contributed by atoms with E-state index in [1.54, 1.807) is 6.92 Å². The molecule has 0 radical (unpaired) electrons. The summed E-state index contributed by atoms with van der Waals surface area (Å²) < 4.78 is 31.3. The summed E-state index contributed by atoms with van der Waals surface area (Å²) in [7, 11) is -4.02. The Bertz CT molecular complexity index is 575. The first-order valence-electron chi connectivity index (χ1n) is 5.75. The number of anilines is 1. The van der Waals surface area contributed by atoms with Crippen LogP contribution in [0.15, 0.2) is 23.1 Å². The summed E-state index contributed by atoms with van der Waals surface area (Å²) in [5.74, 6) is 5.15. The Labute approximate surface area is 116 Å². The number of nitrogens with two attached hydrogens (primary N) is 1. The number of nitro groups is 1. The average molecular weight is 304 g/mol. The number of hydrogen-bond donors (Lipinski definition) is 3. The van der Waals surface area contributed by atoms with Crippen molar-refractivity contribution in [2.45, 2.75) is 11.8 Å². The molecule has 0 atom stereocenters. The van der Waals surface area contributed by atoms with Gasteiger partial charge in [-0.1, -0.05) is 6.07 Å². The van der Waals surface area contributed by atoms with Gasteiger partial charge in [-0.2, -0.15) is 0 Å². The molecule has 0 saturated heterocycles. The normalized spacial score (nSPS) is 11.3. The van der Waals surface area contributed by atoms with Gasteiger partial charge in [0.2, 0.25) is 10.0 Å². The molecular weight excluding hydrogens is 288 g/mol. The molecule has 0 aromatic heterocycles. The van der Waals surface area contributed by atoms with E-state index < -0.39 is 25.5 Å². The third kappa shape index (κ3) is 3.87. The van der Waals surface area contributed by atoms with Crippen LogP contribution in [-0.4, -0.2) is 33.1 Å². The van der Waals surface area contributed by atoms with Crippen LogP contribution in [-0.2, 0) is 14.8 Å². The highest BCUT2D eigenvalue weighted by molar-refractivity contribution is 7.89. The van der Waals surface area contributed by atoms with Crippen molar-refractivity contribution < 1.29 is 18.1 Å². The quantitative estimate of drug-likeness (QED) is 0.270. The van der Waals surface area contributed by atoms with Gasteiger partial charge < -0.3 is 10.2 Å². The lowest BCUT2D eigenvalue weighted by molar-refractivity contribution is -0.386. The van der Waals surface area contributed by atoms with Gasteiger partial charge in [0.05, 0.1) is 11.5 Å². The van der Waals surface area contributed by atoms with Crippen LogP contribution in [0.4, 0.5) is 11.4 Å². The number of ether oxygens (including phenoxy) is 1. The molecule has 20 heavy (non-hydrogen) atoms. The summed E-state index contributed by atoms with van der Waals surface area (Å²) in [6.45, 7) is 2.43. The van der Waals surface area contributed by atoms with E-state index in [4.69, 9.17) is 10.6 Å². The maximum Gasteiger partial charge on any atom is 0.313 e. The predicted molar refractivity (Wildman–Crippen MR) is 72.6 cm³/mol. The van der Waals surface area contributed by atoms with Gasteiger partial charge in [-0.25, -0.2) is 13.1 Å². The largest absolute Gasteiger partial charge is 0.380 e. The predicted octanol–water partition coefficient (Wildman–Crippen LogP) is 0.195. The first-order chi connectivity index (χ1) is 9.44. The minimum absolute atomic E-state index is 0.0214. The highest BCUT2D eigenvalue weighted by atomic mass is 32.2. The smallest absolute Gasteiger partial charge is 0.313 e. The van der Waals surface area contributed by atoms with Crippen LogP contribution in [0.25, 0.3) is 0 Å². The van der Waals surface area contributed by atoms with Gasteiger partial charge in [0.25, 0.3) is 0 Å². The van der Waals surface area contributed by atoms with E-state index in [9.17, 15) is 18.5 Å². The lowest BCUT2D eigenvalue weighted by Gasteiger charge is -2.09. The molecule has 0 bridgehead atoms. The number of benzene rings is 1. The van der Waals surface area contributed by atoms with Crippen molar-refractivity contribution in [3.63, 3.8) is 0 Å². The molecule has 112 valence electrons. The van der Waals surface area contributed by atoms with Gasteiger partial charge in [0, 0.05) is 13.2 Å². The van der Waals surface area contributed by atoms with Crippen LogP contribution in [0, 0.1) is 10.1 Å². The molecule has 0 spiro atoms. The summed E-state index contributed by atoms with van der Waals surface area (Å²) in [5, 5.41) is 11.0. The van der Waals surface area contributed by atoms with E-state index in [-0.39, 0.29) is 18.8 Å². The van der Waals surface area contributed by atoms with E-state index in [2.05, 4.69) is 10.1 Å². The topological polar surface area (TPSA) is 137 Å². The van der Waals surface area contributed by atoms with Crippen molar-refractivity contribution in [2.75, 3.05) is 25.2 Å². The van der Waals surface area contributed by atoms with E-state index in [0.29, 0.717) is 6.61 Å². The molecule has 1 aromatic rings. The highest BCUT2D eigenvalue weighted by Crippen LogP contribution is 2.30. The second-order valence-corrected chi connectivity index (χ2v) is 5.38. The Balaban J connectivity index is 3.08. The number of nitrogens with one attached hydrogen (secondary N) is 2. The monoisotopic (exact) mass is 304 g/mol. The molecule has 0 unspecified atom stereocenters. The summed E-state index contributed by atoms with van der Waals surface area (Å²) in [6.07, 6.45) is 0. The summed E-state index contributed by atoms with van der Waals surface area (Å²) in [5.41, 5.74) is 1.43. The number of nitro benzene ring substituents is 1. The van der Waals surface area contributed by atoms with Gasteiger partial charge in [-0.3, -0.25) is 16.0 Å². The molecule has 1 rings (SSSR count). The number of sulfonamides is 1. The minimum Gasteiger partial charge on any atom is -0.380 e. The SMILES string of the molecule is CCOCCNS(=O)(=O)c1cccc(NN)c1[N+](=O)[O-]. The van der Waals surface area contributed by atoms with Crippen LogP contribution >= 0.6 is 0 Å². The maximum atomic E-state index is 12.0. The van der Waals surface area contributed by atoms with Gasteiger partial charge in [-0.15, -0.1) is 0 Å². The van der Waals surface area contributed by atoms with Crippen LogP contribution in [0.2, 0.25) is 0 Å². The lowest BCUT2D eigenvalue weighted by Crippen LogP contribution is -2.28. The van der Waals surface area contributed by atoms with Crippen molar-refractivity contribution in [1.29, 1.82) is 0 Å². The fraction of sp³-hybridized carbons (Fsp3) is 0.400. The molecule has 0 aliphatic heterocycles.